The number of carbonyl (C=O) groups is 2. The quantitative estimate of drug-likeness (QED) is 0.842. The topological polar surface area (TPSA) is 43.9 Å². The first-order chi connectivity index (χ1) is 10.9. The minimum Gasteiger partial charge on any atom is -0.339 e. The molecule has 1 aromatic rings. The largest absolute Gasteiger partial charge is 0.339 e. The minimum atomic E-state index is -1.04. The summed E-state index contributed by atoms with van der Waals surface area (Å²) in [5.74, 6) is -2.62. The first kappa shape index (κ1) is 17.3. The number of piperazine rings is 1. The summed E-state index contributed by atoms with van der Waals surface area (Å²) in [6.45, 7) is 6.94. The van der Waals surface area contributed by atoms with Crippen molar-refractivity contribution in [1.29, 1.82) is 0 Å². The molecule has 1 saturated heterocycles. The standard InChI is InChI=1S/C16H21F2N3O2/c1-3-19-6-8-20(9-7-19)16(23)11-21(12(2)22)13-4-5-14(17)15(18)10-13/h4-5,10H,3,6-9,11H2,1-2H3. The third-order valence-corrected chi connectivity index (χ3v) is 4.06. The molecule has 0 saturated carbocycles. The molecule has 1 aliphatic heterocycles. The van der Waals surface area contributed by atoms with Crippen LogP contribution < -0.4 is 4.90 Å². The highest BCUT2D eigenvalue weighted by Gasteiger charge is 2.24. The van der Waals surface area contributed by atoms with E-state index in [0.29, 0.717) is 13.1 Å². The van der Waals surface area contributed by atoms with Gasteiger partial charge in [-0.2, -0.15) is 0 Å². The maximum absolute atomic E-state index is 13.4. The Balaban J connectivity index is 2.06. The summed E-state index contributed by atoms with van der Waals surface area (Å²) >= 11 is 0. The molecule has 1 aliphatic rings. The molecule has 1 heterocycles. The van der Waals surface area contributed by atoms with Gasteiger partial charge in [-0.1, -0.05) is 6.92 Å². The van der Waals surface area contributed by atoms with Crippen molar-refractivity contribution in [3.05, 3.63) is 29.8 Å². The van der Waals surface area contributed by atoms with Crippen LogP contribution in [0.25, 0.3) is 0 Å². The maximum atomic E-state index is 13.4. The van der Waals surface area contributed by atoms with Gasteiger partial charge in [0.2, 0.25) is 11.8 Å². The highest BCUT2D eigenvalue weighted by Crippen LogP contribution is 2.18. The van der Waals surface area contributed by atoms with Gasteiger partial charge in [0.25, 0.3) is 0 Å². The van der Waals surface area contributed by atoms with Crippen molar-refractivity contribution in [2.75, 3.05) is 44.2 Å². The Morgan fingerprint density at radius 1 is 1.13 bits per heavy atom. The van der Waals surface area contributed by atoms with Crippen LogP contribution in [0.1, 0.15) is 13.8 Å². The van der Waals surface area contributed by atoms with E-state index in [2.05, 4.69) is 11.8 Å². The van der Waals surface area contributed by atoms with Crippen LogP contribution in [0.2, 0.25) is 0 Å². The fraction of sp³-hybridized carbons (Fsp3) is 0.500. The Morgan fingerprint density at radius 3 is 2.30 bits per heavy atom. The number of rotatable bonds is 4. The van der Waals surface area contributed by atoms with Crippen LogP contribution in [0.4, 0.5) is 14.5 Å². The van der Waals surface area contributed by atoms with Crippen LogP contribution in [-0.4, -0.2) is 60.9 Å². The van der Waals surface area contributed by atoms with E-state index in [9.17, 15) is 18.4 Å². The number of hydrogen-bond donors (Lipinski definition) is 0. The number of nitrogens with zero attached hydrogens (tertiary/aromatic N) is 3. The first-order valence-corrected chi connectivity index (χ1v) is 7.65. The number of carbonyl (C=O) groups excluding carboxylic acids is 2. The SMILES string of the molecule is CCN1CCN(C(=O)CN(C(C)=O)c2ccc(F)c(F)c2)CC1. The number of benzene rings is 1. The monoisotopic (exact) mass is 325 g/mol. The molecule has 0 radical (unpaired) electrons. The number of likely N-dealkylation sites (N-methyl/N-ethyl adjacent to an activating group) is 1. The van der Waals surface area contributed by atoms with Gasteiger partial charge in [-0.05, 0) is 18.7 Å². The molecular weight excluding hydrogens is 304 g/mol. The fourth-order valence-corrected chi connectivity index (χ4v) is 2.59. The molecule has 1 fully saturated rings. The molecule has 0 atom stereocenters. The maximum Gasteiger partial charge on any atom is 0.242 e. The smallest absolute Gasteiger partial charge is 0.242 e. The molecule has 2 rings (SSSR count). The molecule has 0 aromatic heterocycles. The molecular formula is C16H21F2N3O2. The van der Waals surface area contributed by atoms with Crippen molar-refractivity contribution < 1.29 is 18.4 Å². The summed E-state index contributed by atoms with van der Waals surface area (Å²) in [5.41, 5.74) is 0.178. The van der Waals surface area contributed by atoms with Crippen LogP contribution in [0.5, 0.6) is 0 Å². The lowest BCUT2D eigenvalue weighted by atomic mass is 10.2. The molecule has 1 aromatic carbocycles. The normalized spacial score (nSPS) is 15.6. The van der Waals surface area contributed by atoms with Gasteiger partial charge < -0.3 is 14.7 Å². The zero-order chi connectivity index (χ0) is 17.0. The van der Waals surface area contributed by atoms with E-state index in [-0.39, 0.29) is 18.1 Å². The minimum absolute atomic E-state index is 0.174. The Labute approximate surface area is 134 Å². The second-order valence-electron chi connectivity index (χ2n) is 5.52. The van der Waals surface area contributed by atoms with Crippen molar-refractivity contribution in [2.24, 2.45) is 0 Å². The zero-order valence-corrected chi connectivity index (χ0v) is 13.4. The van der Waals surface area contributed by atoms with E-state index >= 15 is 0 Å². The molecule has 0 N–H and O–H groups in total. The van der Waals surface area contributed by atoms with Gasteiger partial charge in [0, 0.05) is 44.9 Å². The van der Waals surface area contributed by atoms with Crippen molar-refractivity contribution in [3.8, 4) is 0 Å². The van der Waals surface area contributed by atoms with Crippen LogP contribution in [0.15, 0.2) is 18.2 Å². The highest BCUT2D eigenvalue weighted by atomic mass is 19.2. The van der Waals surface area contributed by atoms with E-state index in [1.807, 2.05) is 0 Å². The molecule has 0 spiro atoms. The Morgan fingerprint density at radius 2 is 1.78 bits per heavy atom. The molecule has 126 valence electrons. The van der Waals surface area contributed by atoms with E-state index in [1.165, 1.54) is 13.0 Å². The first-order valence-electron chi connectivity index (χ1n) is 7.65. The van der Waals surface area contributed by atoms with Crippen LogP contribution >= 0.6 is 0 Å². The molecule has 5 nitrogen and oxygen atoms in total. The van der Waals surface area contributed by atoms with Gasteiger partial charge >= 0.3 is 0 Å². The predicted molar refractivity (Wildman–Crippen MR) is 83.1 cm³/mol. The van der Waals surface area contributed by atoms with Crippen LogP contribution in [-0.2, 0) is 9.59 Å². The van der Waals surface area contributed by atoms with Crippen molar-refractivity contribution in [1.82, 2.24) is 9.80 Å². The van der Waals surface area contributed by atoms with E-state index in [0.717, 1.165) is 36.7 Å². The van der Waals surface area contributed by atoms with Gasteiger partial charge in [0.05, 0.1) is 0 Å². The van der Waals surface area contributed by atoms with Gasteiger partial charge in [0.15, 0.2) is 11.6 Å². The average molecular weight is 325 g/mol. The van der Waals surface area contributed by atoms with E-state index in [1.54, 1.807) is 4.90 Å². The molecule has 23 heavy (non-hydrogen) atoms. The van der Waals surface area contributed by atoms with Gasteiger partial charge in [-0.15, -0.1) is 0 Å². The zero-order valence-electron chi connectivity index (χ0n) is 13.4. The third-order valence-electron chi connectivity index (χ3n) is 4.06. The molecule has 2 amide bonds. The van der Waals surface area contributed by atoms with Crippen LogP contribution in [0.3, 0.4) is 0 Å². The predicted octanol–water partition coefficient (Wildman–Crippen LogP) is 1.48. The Kier molecular flexibility index (Phi) is 5.65. The van der Waals surface area contributed by atoms with Crippen molar-refractivity contribution in [2.45, 2.75) is 13.8 Å². The van der Waals surface area contributed by atoms with Gasteiger partial charge in [-0.3, -0.25) is 9.59 Å². The van der Waals surface area contributed by atoms with Gasteiger partial charge in [0.1, 0.15) is 6.54 Å². The number of halogens is 2. The number of hydrogen-bond acceptors (Lipinski definition) is 3. The third kappa shape index (κ3) is 4.25. The lowest BCUT2D eigenvalue weighted by Crippen LogP contribution is -2.51. The number of amides is 2. The molecule has 0 bridgehead atoms. The lowest BCUT2D eigenvalue weighted by Gasteiger charge is -2.35. The van der Waals surface area contributed by atoms with Crippen LogP contribution in [0, 0.1) is 11.6 Å². The summed E-state index contributed by atoms with van der Waals surface area (Å²) in [6, 6.07) is 3.17. The van der Waals surface area contributed by atoms with E-state index in [4.69, 9.17) is 0 Å². The molecule has 7 heteroatoms. The van der Waals surface area contributed by atoms with Gasteiger partial charge in [-0.25, -0.2) is 8.78 Å². The van der Waals surface area contributed by atoms with Crippen molar-refractivity contribution >= 4 is 17.5 Å². The fourth-order valence-electron chi connectivity index (χ4n) is 2.59. The summed E-state index contributed by atoms with van der Waals surface area (Å²) < 4.78 is 26.4. The highest BCUT2D eigenvalue weighted by molar-refractivity contribution is 5.97. The van der Waals surface area contributed by atoms with E-state index < -0.39 is 17.5 Å². The molecule has 0 aliphatic carbocycles. The summed E-state index contributed by atoms with van der Waals surface area (Å²) in [7, 11) is 0. The summed E-state index contributed by atoms with van der Waals surface area (Å²) in [6.07, 6.45) is 0. The average Bonchev–Trinajstić information content (AvgIpc) is 2.55. The number of anilines is 1. The summed E-state index contributed by atoms with van der Waals surface area (Å²) in [5, 5.41) is 0. The summed E-state index contributed by atoms with van der Waals surface area (Å²) in [4.78, 5) is 29.3. The Bertz CT molecular complexity index is 587. The lowest BCUT2D eigenvalue weighted by molar-refractivity contribution is -0.132. The Hall–Kier alpha value is -2.02. The second-order valence-corrected chi connectivity index (χ2v) is 5.52. The second kappa shape index (κ2) is 7.50. The molecule has 0 unspecified atom stereocenters. The van der Waals surface area contributed by atoms with Crippen molar-refractivity contribution in [3.63, 3.8) is 0 Å².